The highest BCUT2D eigenvalue weighted by molar-refractivity contribution is 5.82. The number of hydrogen-bond donors (Lipinski definition) is 2. The van der Waals surface area contributed by atoms with Crippen LogP contribution in [0.5, 0.6) is 0 Å². The van der Waals surface area contributed by atoms with Crippen molar-refractivity contribution < 1.29 is 19.4 Å². The van der Waals surface area contributed by atoms with Crippen LogP contribution in [0.4, 0.5) is 4.79 Å². The van der Waals surface area contributed by atoms with Crippen molar-refractivity contribution >= 4 is 12.0 Å². The maximum absolute atomic E-state index is 12.1. The lowest BCUT2D eigenvalue weighted by molar-refractivity contribution is -0.143. The SMILES string of the molecule is O=C(O)C1CCCCN1C(=O)NCCC1CCCCO1. The fourth-order valence-electron chi connectivity index (χ4n) is 2.91. The van der Waals surface area contributed by atoms with Gasteiger partial charge in [-0.15, -0.1) is 0 Å². The summed E-state index contributed by atoms with van der Waals surface area (Å²) in [7, 11) is 0. The van der Waals surface area contributed by atoms with Gasteiger partial charge in [-0.1, -0.05) is 0 Å². The average molecular weight is 284 g/mol. The predicted molar refractivity (Wildman–Crippen MR) is 73.6 cm³/mol. The number of carboxylic acid groups (broad SMARTS) is 1. The number of aliphatic carboxylic acids is 1. The molecule has 6 heteroatoms. The fraction of sp³-hybridized carbons (Fsp3) is 0.857. The number of ether oxygens (including phenoxy) is 1. The monoisotopic (exact) mass is 284 g/mol. The van der Waals surface area contributed by atoms with E-state index in [4.69, 9.17) is 9.84 Å². The molecule has 0 aromatic heterocycles. The Morgan fingerprint density at radius 1 is 1.20 bits per heavy atom. The summed E-state index contributed by atoms with van der Waals surface area (Å²) in [4.78, 5) is 24.7. The molecule has 0 bridgehead atoms. The first-order chi connectivity index (χ1) is 9.68. The van der Waals surface area contributed by atoms with Gasteiger partial charge in [0.15, 0.2) is 0 Å². The molecule has 0 saturated carbocycles. The Hall–Kier alpha value is -1.30. The molecule has 2 atom stereocenters. The number of nitrogens with one attached hydrogen (secondary N) is 1. The molecule has 2 fully saturated rings. The molecule has 114 valence electrons. The number of nitrogens with zero attached hydrogens (tertiary/aromatic N) is 1. The molecule has 0 radical (unpaired) electrons. The minimum absolute atomic E-state index is 0.237. The number of hydrogen-bond acceptors (Lipinski definition) is 3. The summed E-state index contributed by atoms with van der Waals surface area (Å²) >= 11 is 0. The van der Waals surface area contributed by atoms with Crippen LogP contribution < -0.4 is 5.32 Å². The van der Waals surface area contributed by atoms with Crippen molar-refractivity contribution in [3.05, 3.63) is 0 Å². The first-order valence-corrected chi connectivity index (χ1v) is 7.57. The van der Waals surface area contributed by atoms with E-state index < -0.39 is 12.0 Å². The predicted octanol–water partition coefficient (Wildman–Crippen LogP) is 1.59. The first-order valence-electron chi connectivity index (χ1n) is 7.57. The Morgan fingerprint density at radius 2 is 2.00 bits per heavy atom. The van der Waals surface area contributed by atoms with Gasteiger partial charge in [-0.3, -0.25) is 0 Å². The van der Waals surface area contributed by atoms with Gasteiger partial charge in [0.2, 0.25) is 0 Å². The molecule has 0 aromatic carbocycles. The van der Waals surface area contributed by atoms with Crippen molar-refractivity contribution in [2.45, 2.75) is 57.1 Å². The number of carbonyl (C=O) groups excluding carboxylic acids is 1. The Morgan fingerprint density at radius 3 is 2.70 bits per heavy atom. The van der Waals surface area contributed by atoms with Crippen molar-refractivity contribution in [3.8, 4) is 0 Å². The second-order valence-electron chi connectivity index (χ2n) is 5.55. The molecule has 2 rings (SSSR count). The third kappa shape index (κ3) is 4.10. The van der Waals surface area contributed by atoms with Gasteiger partial charge in [0.25, 0.3) is 0 Å². The normalized spacial score (nSPS) is 27.1. The molecule has 0 spiro atoms. The molecule has 6 nitrogen and oxygen atoms in total. The number of piperidine rings is 1. The van der Waals surface area contributed by atoms with E-state index >= 15 is 0 Å². The van der Waals surface area contributed by atoms with E-state index in [0.29, 0.717) is 19.5 Å². The molecule has 2 heterocycles. The van der Waals surface area contributed by atoms with Crippen LogP contribution in [0.3, 0.4) is 0 Å². The topological polar surface area (TPSA) is 78.9 Å². The number of carbonyl (C=O) groups is 2. The summed E-state index contributed by atoms with van der Waals surface area (Å²) in [6.07, 6.45) is 6.70. The van der Waals surface area contributed by atoms with Crippen molar-refractivity contribution in [3.63, 3.8) is 0 Å². The van der Waals surface area contributed by atoms with Crippen LogP contribution >= 0.6 is 0 Å². The third-order valence-corrected chi connectivity index (χ3v) is 4.07. The summed E-state index contributed by atoms with van der Waals surface area (Å²) in [6.45, 7) is 1.89. The molecular formula is C14H24N2O4. The van der Waals surface area contributed by atoms with Crippen molar-refractivity contribution in [1.29, 1.82) is 0 Å². The summed E-state index contributed by atoms with van der Waals surface area (Å²) in [5.41, 5.74) is 0. The Bertz CT molecular complexity index is 342. The molecule has 2 amide bonds. The number of likely N-dealkylation sites (tertiary alicyclic amines) is 1. The van der Waals surface area contributed by atoms with Crippen molar-refractivity contribution in [2.24, 2.45) is 0 Å². The summed E-state index contributed by atoms with van der Waals surface area (Å²) in [6, 6.07) is -0.928. The van der Waals surface area contributed by atoms with Crippen molar-refractivity contribution in [1.82, 2.24) is 10.2 Å². The maximum Gasteiger partial charge on any atom is 0.326 e. The lowest BCUT2D eigenvalue weighted by atomic mass is 10.0. The largest absolute Gasteiger partial charge is 0.480 e. The van der Waals surface area contributed by atoms with Crippen LogP contribution in [0.1, 0.15) is 44.9 Å². The smallest absolute Gasteiger partial charge is 0.326 e. The van der Waals surface area contributed by atoms with Crippen LogP contribution in [0.2, 0.25) is 0 Å². The molecule has 2 N–H and O–H groups in total. The molecule has 2 aliphatic rings. The highest BCUT2D eigenvalue weighted by Crippen LogP contribution is 2.18. The Balaban J connectivity index is 1.73. The van der Waals surface area contributed by atoms with Crippen LogP contribution in [-0.4, -0.2) is 53.8 Å². The molecule has 2 unspecified atom stereocenters. The first kappa shape index (κ1) is 15.1. The Labute approximate surface area is 119 Å². The van der Waals surface area contributed by atoms with E-state index in [0.717, 1.165) is 38.7 Å². The average Bonchev–Trinajstić information content (AvgIpc) is 2.48. The van der Waals surface area contributed by atoms with Crippen LogP contribution in [0, 0.1) is 0 Å². The second kappa shape index (κ2) is 7.47. The maximum atomic E-state index is 12.1. The van der Waals surface area contributed by atoms with Gasteiger partial charge < -0.3 is 20.1 Å². The highest BCUT2D eigenvalue weighted by atomic mass is 16.5. The lowest BCUT2D eigenvalue weighted by Crippen LogP contribution is -2.52. The van der Waals surface area contributed by atoms with Crippen LogP contribution in [0.15, 0.2) is 0 Å². The summed E-state index contributed by atoms with van der Waals surface area (Å²) in [5.74, 6) is -0.907. The molecule has 0 aliphatic carbocycles. The van der Waals surface area contributed by atoms with Gasteiger partial charge >= 0.3 is 12.0 Å². The van der Waals surface area contributed by atoms with E-state index in [-0.39, 0.29) is 12.1 Å². The molecular weight excluding hydrogens is 260 g/mol. The lowest BCUT2D eigenvalue weighted by Gasteiger charge is -2.33. The zero-order chi connectivity index (χ0) is 14.4. The summed E-state index contributed by atoms with van der Waals surface area (Å²) in [5, 5.41) is 12.0. The van der Waals surface area contributed by atoms with E-state index in [9.17, 15) is 9.59 Å². The quantitative estimate of drug-likeness (QED) is 0.821. The van der Waals surface area contributed by atoms with Gasteiger partial charge in [-0.2, -0.15) is 0 Å². The highest BCUT2D eigenvalue weighted by Gasteiger charge is 2.31. The van der Waals surface area contributed by atoms with Crippen molar-refractivity contribution in [2.75, 3.05) is 19.7 Å². The van der Waals surface area contributed by atoms with Crippen LogP contribution in [-0.2, 0) is 9.53 Å². The van der Waals surface area contributed by atoms with E-state index in [1.54, 1.807) is 0 Å². The van der Waals surface area contributed by atoms with Crippen LogP contribution in [0.25, 0.3) is 0 Å². The molecule has 2 aliphatic heterocycles. The third-order valence-electron chi connectivity index (χ3n) is 4.07. The number of urea groups is 1. The fourth-order valence-corrected chi connectivity index (χ4v) is 2.91. The zero-order valence-corrected chi connectivity index (χ0v) is 11.8. The second-order valence-corrected chi connectivity index (χ2v) is 5.55. The molecule has 0 aromatic rings. The number of carboxylic acids is 1. The van der Waals surface area contributed by atoms with Gasteiger partial charge in [-0.25, -0.2) is 9.59 Å². The minimum atomic E-state index is -0.907. The Kier molecular flexibility index (Phi) is 5.64. The number of amides is 2. The van der Waals surface area contributed by atoms with Gasteiger partial charge in [-0.05, 0) is 44.9 Å². The minimum Gasteiger partial charge on any atom is -0.480 e. The van der Waals surface area contributed by atoms with E-state index in [1.165, 1.54) is 11.3 Å². The van der Waals surface area contributed by atoms with Gasteiger partial charge in [0.1, 0.15) is 6.04 Å². The van der Waals surface area contributed by atoms with Gasteiger partial charge in [0.05, 0.1) is 6.10 Å². The standard InChI is InChI=1S/C14H24N2O4/c17-13(18)12-6-1-3-9-16(12)14(19)15-8-7-11-5-2-4-10-20-11/h11-12H,1-10H2,(H,15,19)(H,17,18). The molecule has 20 heavy (non-hydrogen) atoms. The van der Waals surface area contributed by atoms with E-state index in [1.807, 2.05) is 0 Å². The number of rotatable bonds is 4. The molecule has 2 saturated heterocycles. The summed E-state index contributed by atoms with van der Waals surface area (Å²) < 4.78 is 5.61. The zero-order valence-electron chi connectivity index (χ0n) is 11.8. The van der Waals surface area contributed by atoms with Gasteiger partial charge in [0, 0.05) is 19.7 Å². The van der Waals surface area contributed by atoms with E-state index in [2.05, 4.69) is 5.32 Å².